The molecule has 2 aromatic heterocycles. The van der Waals surface area contributed by atoms with E-state index in [1.54, 1.807) is 13.8 Å². The van der Waals surface area contributed by atoms with Crippen LogP contribution in [0.3, 0.4) is 0 Å². The zero-order chi connectivity index (χ0) is 23.6. The molecule has 1 fully saturated rings. The summed E-state index contributed by atoms with van der Waals surface area (Å²) in [5, 5.41) is 23.3. The number of imidazole rings is 1. The van der Waals surface area contributed by atoms with Crippen LogP contribution in [0.25, 0.3) is 11.2 Å². The number of ether oxygens (including phenoxy) is 2. The molecule has 0 spiro atoms. The predicted molar refractivity (Wildman–Crippen MR) is 108 cm³/mol. The number of aliphatic hydroxyl groups is 2. The third kappa shape index (κ3) is 5.00. The van der Waals surface area contributed by atoms with Crippen molar-refractivity contribution in [3.63, 3.8) is 0 Å². The Hall–Kier alpha value is -3.16. The summed E-state index contributed by atoms with van der Waals surface area (Å²) in [6.07, 6.45) is -3.94. The number of Topliss-reactive ketones (excluding diaryl/α,β-unsaturated/α-hetero) is 1. The number of fused-ring (bicyclic) bond motifs is 1. The highest BCUT2D eigenvalue weighted by atomic mass is 16.6. The number of anilines is 1. The maximum absolute atomic E-state index is 12.3. The Morgan fingerprint density at radius 1 is 1.28 bits per heavy atom. The van der Waals surface area contributed by atoms with Crippen LogP contribution in [-0.2, 0) is 23.9 Å². The van der Waals surface area contributed by atoms with E-state index in [1.165, 1.54) is 17.8 Å². The summed E-state index contributed by atoms with van der Waals surface area (Å²) in [6.45, 7) is 4.36. The average Bonchev–Trinajstić information content (AvgIpc) is 3.26. The van der Waals surface area contributed by atoms with Crippen molar-refractivity contribution < 1.29 is 34.1 Å². The maximum Gasteiger partial charge on any atom is 0.306 e. The highest BCUT2D eigenvalue weighted by Gasteiger charge is 2.45. The minimum atomic E-state index is -1.44. The van der Waals surface area contributed by atoms with Crippen molar-refractivity contribution in [3.8, 4) is 0 Å². The molecule has 0 radical (unpaired) electrons. The Morgan fingerprint density at radius 2 is 2.00 bits per heavy atom. The lowest BCUT2D eigenvalue weighted by atomic mass is 10.1. The van der Waals surface area contributed by atoms with Crippen molar-refractivity contribution in [2.45, 2.75) is 58.2 Å². The summed E-state index contributed by atoms with van der Waals surface area (Å²) in [5.41, 5.74) is -0.656. The van der Waals surface area contributed by atoms with Crippen LogP contribution in [0, 0.1) is 5.92 Å². The van der Waals surface area contributed by atoms with E-state index in [1.807, 2.05) is 0 Å². The normalized spacial score (nSPS) is 22.9. The number of aromatic nitrogens is 4. The van der Waals surface area contributed by atoms with E-state index in [4.69, 9.17) is 9.47 Å². The summed E-state index contributed by atoms with van der Waals surface area (Å²) in [4.78, 5) is 57.5. The number of nitrogens with zero attached hydrogens (tertiary/aromatic N) is 3. The van der Waals surface area contributed by atoms with Crippen LogP contribution in [0.1, 0.15) is 39.8 Å². The first-order chi connectivity index (χ1) is 15.1. The average molecular weight is 451 g/mol. The molecule has 13 nitrogen and oxygen atoms in total. The van der Waals surface area contributed by atoms with Crippen molar-refractivity contribution in [1.29, 1.82) is 0 Å². The van der Waals surface area contributed by atoms with Gasteiger partial charge in [0.1, 0.15) is 30.7 Å². The fourth-order valence-corrected chi connectivity index (χ4v) is 3.05. The van der Waals surface area contributed by atoms with Crippen LogP contribution >= 0.6 is 0 Å². The largest absolute Gasteiger partial charge is 0.463 e. The molecule has 2 aromatic rings. The summed E-state index contributed by atoms with van der Waals surface area (Å²) < 4.78 is 11.9. The highest BCUT2D eigenvalue weighted by Crippen LogP contribution is 2.31. The quantitative estimate of drug-likeness (QED) is 0.372. The van der Waals surface area contributed by atoms with Crippen molar-refractivity contribution >= 4 is 34.8 Å². The summed E-state index contributed by atoms with van der Waals surface area (Å²) in [6, 6.07) is 0. The van der Waals surface area contributed by atoms with E-state index in [0.717, 1.165) is 0 Å². The molecule has 32 heavy (non-hydrogen) atoms. The van der Waals surface area contributed by atoms with E-state index in [9.17, 15) is 29.4 Å². The third-order valence-electron chi connectivity index (χ3n) is 4.90. The Kier molecular flexibility index (Phi) is 7.01. The molecule has 1 amide bonds. The van der Waals surface area contributed by atoms with Crippen molar-refractivity contribution in [1.82, 2.24) is 19.5 Å². The molecule has 3 rings (SSSR count). The number of ketones is 1. The summed E-state index contributed by atoms with van der Waals surface area (Å²) in [7, 11) is 0. The lowest BCUT2D eigenvalue weighted by Gasteiger charge is -2.16. The lowest BCUT2D eigenvalue weighted by molar-refractivity contribution is -0.150. The smallest absolute Gasteiger partial charge is 0.306 e. The molecular weight excluding hydrogens is 426 g/mol. The molecule has 1 aliphatic rings. The molecule has 1 saturated heterocycles. The minimum Gasteiger partial charge on any atom is -0.463 e. The van der Waals surface area contributed by atoms with Gasteiger partial charge in [-0.3, -0.25) is 29.3 Å². The van der Waals surface area contributed by atoms with Crippen LogP contribution in [0.5, 0.6) is 0 Å². The fraction of sp³-hybridized carbons (Fsp3) is 0.579. The summed E-state index contributed by atoms with van der Waals surface area (Å²) >= 11 is 0. The molecular formula is C19H25N5O8. The molecule has 1 aliphatic heterocycles. The van der Waals surface area contributed by atoms with Crippen LogP contribution < -0.4 is 10.9 Å². The molecule has 0 aliphatic carbocycles. The van der Waals surface area contributed by atoms with Crippen molar-refractivity contribution in [2.75, 3.05) is 11.9 Å². The second-order valence-electron chi connectivity index (χ2n) is 7.81. The molecule has 3 heterocycles. The Balaban J connectivity index is 1.78. The van der Waals surface area contributed by atoms with Gasteiger partial charge < -0.3 is 24.5 Å². The standard InChI is InChI=1S/C19H25N5O8/c1-8(2)16(29)22-19-21-15-12(17(30)23-19)20-7-24(15)18-14(28)13(27)10(32-18)6-31-11(26)5-4-9(3)25/h7-8,10,13-14,18,27-28H,4-6H2,1-3H3,(H2,21,22,23,29,30)/t10-,13-,14-,18-/m1/s1. The van der Waals surface area contributed by atoms with Gasteiger partial charge in [-0.2, -0.15) is 4.98 Å². The number of aromatic amines is 1. The zero-order valence-electron chi connectivity index (χ0n) is 17.8. The van der Waals surface area contributed by atoms with Crippen molar-refractivity contribution in [3.05, 3.63) is 16.7 Å². The number of nitrogens with one attached hydrogen (secondary N) is 2. The maximum atomic E-state index is 12.3. The van der Waals surface area contributed by atoms with Gasteiger partial charge >= 0.3 is 5.97 Å². The number of rotatable bonds is 8. The molecule has 0 saturated carbocycles. The lowest BCUT2D eigenvalue weighted by Crippen LogP contribution is -2.34. The van der Waals surface area contributed by atoms with Gasteiger partial charge in [-0.05, 0) is 6.92 Å². The van der Waals surface area contributed by atoms with E-state index < -0.39 is 36.1 Å². The van der Waals surface area contributed by atoms with E-state index in [-0.39, 0.29) is 54.2 Å². The first-order valence-electron chi connectivity index (χ1n) is 10.0. The highest BCUT2D eigenvalue weighted by molar-refractivity contribution is 5.91. The molecule has 174 valence electrons. The van der Waals surface area contributed by atoms with E-state index >= 15 is 0 Å². The van der Waals surface area contributed by atoms with Crippen LogP contribution in [-0.4, -0.2) is 72.3 Å². The van der Waals surface area contributed by atoms with Gasteiger partial charge in [0, 0.05) is 12.3 Å². The van der Waals surface area contributed by atoms with Crippen LogP contribution in [0.4, 0.5) is 5.95 Å². The van der Waals surface area contributed by atoms with Crippen LogP contribution in [0.2, 0.25) is 0 Å². The van der Waals surface area contributed by atoms with Gasteiger partial charge in [0.2, 0.25) is 11.9 Å². The fourth-order valence-electron chi connectivity index (χ4n) is 3.05. The number of carbonyl (C=O) groups excluding carboxylic acids is 3. The van der Waals surface area contributed by atoms with Gasteiger partial charge in [-0.15, -0.1) is 0 Å². The Morgan fingerprint density at radius 3 is 2.66 bits per heavy atom. The van der Waals surface area contributed by atoms with Crippen molar-refractivity contribution in [2.24, 2.45) is 5.92 Å². The number of amides is 1. The summed E-state index contributed by atoms with van der Waals surface area (Å²) in [5.74, 6) is -1.62. The van der Waals surface area contributed by atoms with E-state index in [2.05, 4.69) is 20.3 Å². The molecule has 0 aromatic carbocycles. The minimum absolute atomic E-state index is 0.0168. The molecule has 4 atom stereocenters. The number of H-pyrrole nitrogens is 1. The van der Waals surface area contributed by atoms with Gasteiger partial charge in [-0.1, -0.05) is 13.8 Å². The number of hydrogen-bond acceptors (Lipinski definition) is 10. The SMILES string of the molecule is CC(=O)CCC(=O)OC[C@H]1O[C@@H](n2cnc3c(=O)[nH]c(NC(=O)C(C)C)nc32)[C@H](O)[C@@H]1O. The molecule has 13 heteroatoms. The Labute approximate surface area is 181 Å². The Bertz CT molecular complexity index is 1080. The van der Waals surface area contributed by atoms with Gasteiger partial charge in [0.15, 0.2) is 17.4 Å². The number of carbonyl (C=O) groups is 3. The first-order valence-corrected chi connectivity index (χ1v) is 10.0. The number of hydrogen-bond donors (Lipinski definition) is 4. The zero-order valence-corrected chi connectivity index (χ0v) is 17.8. The van der Waals surface area contributed by atoms with Gasteiger partial charge in [0.05, 0.1) is 12.7 Å². The van der Waals surface area contributed by atoms with Gasteiger partial charge in [0.25, 0.3) is 5.56 Å². The molecule has 0 unspecified atom stereocenters. The number of esters is 1. The monoisotopic (exact) mass is 451 g/mol. The van der Waals surface area contributed by atoms with Crippen LogP contribution in [0.15, 0.2) is 11.1 Å². The number of aliphatic hydroxyl groups excluding tert-OH is 2. The second-order valence-corrected chi connectivity index (χ2v) is 7.81. The molecule has 0 bridgehead atoms. The first kappa shape index (κ1) is 23.5. The topological polar surface area (TPSA) is 186 Å². The van der Waals surface area contributed by atoms with E-state index in [0.29, 0.717) is 0 Å². The van der Waals surface area contributed by atoms with Gasteiger partial charge in [-0.25, -0.2) is 4.98 Å². The molecule has 4 N–H and O–H groups in total. The predicted octanol–water partition coefficient (Wildman–Crippen LogP) is -0.754. The third-order valence-corrected chi connectivity index (χ3v) is 4.90. The second kappa shape index (κ2) is 9.54.